The Hall–Kier alpha value is -2.44. The maximum Gasteiger partial charge on any atom is 0.331 e. The predicted octanol–water partition coefficient (Wildman–Crippen LogP) is -0.426. The standard InChI is InChI=1S/C12H13NO6/c1-18-11(16)2-3-12(17)19-7-6-13-5-4-9(14)8-10(13)15/h2-5H,6-8H2,1H3/b3-2+. The molecule has 0 aromatic rings. The van der Waals surface area contributed by atoms with Crippen LogP contribution in [0.5, 0.6) is 0 Å². The largest absolute Gasteiger partial charge is 0.466 e. The quantitative estimate of drug-likeness (QED) is 0.381. The molecule has 0 aliphatic carbocycles. The summed E-state index contributed by atoms with van der Waals surface area (Å²) in [6, 6.07) is 0. The molecule has 0 N–H and O–H groups in total. The first-order valence-electron chi connectivity index (χ1n) is 5.46. The van der Waals surface area contributed by atoms with Gasteiger partial charge in [-0.25, -0.2) is 9.59 Å². The summed E-state index contributed by atoms with van der Waals surface area (Å²) in [4.78, 5) is 45.4. The summed E-state index contributed by atoms with van der Waals surface area (Å²) in [5.74, 6) is -1.97. The van der Waals surface area contributed by atoms with E-state index in [1.807, 2.05) is 0 Å². The lowest BCUT2D eigenvalue weighted by Crippen LogP contribution is -2.33. The van der Waals surface area contributed by atoms with Gasteiger partial charge in [-0.3, -0.25) is 9.59 Å². The number of carbonyl (C=O) groups is 4. The highest BCUT2D eigenvalue weighted by molar-refractivity contribution is 6.06. The predicted molar refractivity (Wildman–Crippen MR) is 62.6 cm³/mol. The molecule has 1 aliphatic rings. The topological polar surface area (TPSA) is 90.0 Å². The van der Waals surface area contributed by atoms with Crippen molar-refractivity contribution in [3.63, 3.8) is 0 Å². The van der Waals surface area contributed by atoms with Crippen molar-refractivity contribution in [1.82, 2.24) is 4.90 Å². The number of hydrogen-bond acceptors (Lipinski definition) is 6. The first-order chi connectivity index (χ1) is 9.02. The number of carbonyl (C=O) groups excluding carboxylic acids is 4. The van der Waals surface area contributed by atoms with Crippen LogP contribution in [0.2, 0.25) is 0 Å². The Bertz CT molecular complexity index is 451. The van der Waals surface area contributed by atoms with Gasteiger partial charge >= 0.3 is 11.9 Å². The smallest absolute Gasteiger partial charge is 0.331 e. The molecular formula is C12H13NO6. The molecule has 19 heavy (non-hydrogen) atoms. The van der Waals surface area contributed by atoms with E-state index in [1.165, 1.54) is 24.3 Å². The first-order valence-corrected chi connectivity index (χ1v) is 5.46. The lowest BCUT2D eigenvalue weighted by molar-refractivity contribution is -0.141. The molecular weight excluding hydrogens is 254 g/mol. The summed E-state index contributed by atoms with van der Waals surface area (Å²) in [5.41, 5.74) is 0. The number of ketones is 1. The molecule has 1 aliphatic heterocycles. The van der Waals surface area contributed by atoms with Crippen molar-refractivity contribution in [3.8, 4) is 0 Å². The summed E-state index contributed by atoms with van der Waals surface area (Å²) < 4.78 is 9.07. The van der Waals surface area contributed by atoms with Crippen LogP contribution in [0.1, 0.15) is 6.42 Å². The molecule has 0 fully saturated rings. The maximum atomic E-state index is 11.4. The van der Waals surface area contributed by atoms with Gasteiger partial charge in [0.2, 0.25) is 5.91 Å². The minimum Gasteiger partial charge on any atom is -0.466 e. The Morgan fingerprint density at radius 1 is 1.32 bits per heavy atom. The fourth-order valence-electron chi connectivity index (χ4n) is 1.26. The van der Waals surface area contributed by atoms with Gasteiger partial charge in [-0.15, -0.1) is 0 Å². The number of hydrogen-bond donors (Lipinski definition) is 0. The summed E-state index contributed by atoms with van der Waals surface area (Å²) in [5, 5.41) is 0. The van der Waals surface area contributed by atoms with Gasteiger partial charge in [-0.05, 0) is 6.08 Å². The number of methoxy groups -OCH3 is 1. The molecule has 0 saturated carbocycles. The van der Waals surface area contributed by atoms with Crippen LogP contribution in [0, 0.1) is 0 Å². The van der Waals surface area contributed by atoms with Gasteiger partial charge in [0.05, 0.1) is 20.1 Å². The lowest BCUT2D eigenvalue weighted by atomic mass is 10.2. The van der Waals surface area contributed by atoms with Crippen LogP contribution in [0.15, 0.2) is 24.4 Å². The lowest BCUT2D eigenvalue weighted by Gasteiger charge is -2.20. The molecule has 102 valence electrons. The Kier molecular flexibility index (Phi) is 5.46. The van der Waals surface area contributed by atoms with Crippen LogP contribution >= 0.6 is 0 Å². The molecule has 0 aromatic carbocycles. The van der Waals surface area contributed by atoms with Crippen molar-refractivity contribution in [2.45, 2.75) is 6.42 Å². The van der Waals surface area contributed by atoms with E-state index in [4.69, 9.17) is 4.74 Å². The van der Waals surface area contributed by atoms with Crippen LogP contribution in [0.25, 0.3) is 0 Å². The second-order valence-electron chi connectivity index (χ2n) is 3.57. The Labute approximate surface area is 109 Å². The van der Waals surface area contributed by atoms with Crippen molar-refractivity contribution in [2.75, 3.05) is 20.3 Å². The van der Waals surface area contributed by atoms with Crippen molar-refractivity contribution in [2.24, 2.45) is 0 Å². The fraction of sp³-hybridized carbons (Fsp3) is 0.333. The molecule has 1 amide bonds. The van der Waals surface area contributed by atoms with E-state index in [2.05, 4.69) is 4.74 Å². The third-order valence-corrected chi connectivity index (χ3v) is 2.22. The number of nitrogens with zero attached hydrogens (tertiary/aromatic N) is 1. The molecule has 0 unspecified atom stereocenters. The molecule has 1 rings (SSSR count). The first kappa shape index (κ1) is 14.6. The highest BCUT2D eigenvalue weighted by atomic mass is 16.5. The summed E-state index contributed by atoms with van der Waals surface area (Å²) in [7, 11) is 1.19. The van der Waals surface area contributed by atoms with Crippen LogP contribution in [0.3, 0.4) is 0 Å². The zero-order valence-corrected chi connectivity index (χ0v) is 10.3. The number of rotatable bonds is 5. The van der Waals surface area contributed by atoms with Crippen molar-refractivity contribution in [1.29, 1.82) is 0 Å². The second kappa shape index (κ2) is 7.10. The van der Waals surface area contributed by atoms with Crippen molar-refractivity contribution < 1.29 is 28.7 Å². The van der Waals surface area contributed by atoms with E-state index in [-0.39, 0.29) is 31.3 Å². The average Bonchev–Trinajstić information content (AvgIpc) is 2.38. The number of ether oxygens (including phenoxy) is 2. The van der Waals surface area contributed by atoms with Gasteiger partial charge in [0, 0.05) is 18.4 Å². The normalized spacial score (nSPS) is 14.9. The van der Waals surface area contributed by atoms with E-state index < -0.39 is 11.9 Å². The van der Waals surface area contributed by atoms with E-state index in [1.54, 1.807) is 0 Å². The third kappa shape index (κ3) is 5.15. The van der Waals surface area contributed by atoms with Gasteiger partial charge in [-0.2, -0.15) is 0 Å². The minimum absolute atomic E-state index is 0.0331. The Morgan fingerprint density at radius 2 is 2.00 bits per heavy atom. The number of allylic oxidation sites excluding steroid dienone is 1. The van der Waals surface area contributed by atoms with E-state index in [0.29, 0.717) is 0 Å². The molecule has 0 atom stereocenters. The molecule has 0 saturated heterocycles. The summed E-state index contributed by atoms with van der Waals surface area (Å²) in [6.45, 7) is 0.120. The van der Waals surface area contributed by atoms with Crippen molar-refractivity contribution >= 4 is 23.6 Å². The van der Waals surface area contributed by atoms with Gasteiger partial charge in [0.1, 0.15) is 6.61 Å². The monoisotopic (exact) mass is 267 g/mol. The molecule has 7 nitrogen and oxygen atoms in total. The average molecular weight is 267 g/mol. The van der Waals surface area contributed by atoms with Crippen molar-refractivity contribution in [3.05, 3.63) is 24.4 Å². The molecule has 7 heteroatoms. The van der Waals surface area contributed by atoms with Crippen LogP contribution in [-0.4, -0.2) is 48.8 Å². The summed E-state index contributed by atoms with van der Waals surface area (Å²) >= 11 is 0. The minimum atomic E-state index is -0.713. The molecule has 0 bridgehead atoms. The van der Waals surface area contributed by atoms with E-state index in [9.17, 15) is 19.2 Å². The number of amides is 1. The molecule has 1 heterocycles. The van der Waals surface area contributed by atoms with Crippen LogP contribution in [-0.2, 0) is 28.7 Å². The van der Waals surface area contributed by atoms with Crippen LogP contribution in [0.4, 0.5) is 0 Å². The number of esters is 2. The second-order valence-corrected chi connectivity index (χ2v) is 3.57. The van der Waals surface area contributed by atoms with Gasteiger partial charge in [-0.1, -0.05) is 0 Å². The van der Waals surface area contributed by atoms with Crippen LogP contribution < -0.4 is 0 Å². The Morgan fingerprint density at radius 3 is 2.63 bits per heavy atom. The van der Waals surface area contributed by atoms with Gasteiger partial charge in [0.25, 0.3) is 0 Å². The highest BCUT2D eigenvalue weighted by Crippen LogP contribution is 2.04. The Balaban J connectivity index is 2.31. The third-order valence-electron chi connectivity index (χ3n) is 2.22. The molecule has 0 aromatic heterocycles. The molecule has 0 spiro atoms. The maximum absolute atomic E-state index is 11.4. The molecule has 0 radical (unpaired) electrons. The van der Waals surface area contributed by atoms with E-state index >= 15 is 0 Å². The van der Waals surface area contributed by atoms with E-state index in [0.717, 1.165) is 12.2 Å². The fourth-order valence-corrected chi connectivity index (χ4v) is 1.26. The van der Waals surface area contributed by atoms with Gasteiger partial charge in [0.15, 0.2) is 5.78 Å². The SMILES string of the molecule is COC(=O)/C=C/C(=O)OCCN1C=CC(=O)CC1=O. The summed E-state index contributed by atoms with van der Waals surface area (Å²) in [6.07, 6.45) is 4.34. The highest BCUT2D eigenvalue weighted by Gasteiger charge is 2.18. The zero-order valence-electron chi connectivity index (χ0n) is 10.3. The zero-order chi connectivity index (χ0) is 14.3. The van der Waals surface area contributed by atoms with Gasteiger partial charge < -0.3 is 14.4 Å².